The third-order valence-corrected chi connectivity index (χ3v) is 4.61. The largest absolute Gasteiger partial charge is 0.454 e. The van der Waals surface area contributed by atoms with Crippen LogP contribution in [0.25, 0.3) is 11.8 Å². The number of aryl methyl sites for hydroxylation is 1. The lowest BCUT2D eigenvalue weighted by Gasteiger charge is -2.09. The van der Waals surface area contributed by atoms with Crippen LogP contribution in [0.15, 0.2) is 48.7 Å². The number of hydrogen-bond donors (Lipinski definition) is 0. The van der Waals surface area contributed by atoms with Gasteiger partial charge in [0, 0.05) is 30.2 Å². The van der Waals surface area contributed by atoms with Crippen molar-refractivity contribution in [3.63, 3.8) is 0 Å². The Bertz CT molecular complexity index is 955. The average molecular weight is 370 g/mol. The molecule has 3 rings (SSSR count). The second kappa shape index (κ2) is 7.62. The van der Waals surface area contributed by atoms with Gasteiger partial charge in [-0.1, -0.05) is 29.8 Å². The number of nitrogens with zero attached hydrogens (tertiary/aromatic N) is 3. The van der Waals surface area contributed by atoms with E-state index in [1.807, 2.05) is 38.1 Å². The van der Waals surface area contributed by atoms with E-state index in [4.69, 9.17) is 16.3 Å². The number of carbonyl (C=O) groups excluding carboxylic acids is 1. The molecule has 2 aromatic heterocycles. The maximum atomic E-state index is 12.0. The van der Waals surface area contributed by atoms with Crippen molar-refractivity contribution >= 4 is 23.6 Å². The van der Waals surface area contributed by atoms with Crippen molar-refractivity contribution in [1.82, 2.24) is 14.1 Å². The van der Waals surface area contributed by atoms with Crippen molar-refractivity contribution in [2.45, 2.75) is 20.5 Å². The minimum atomic E-state index is -0.423. The van der Waals surface area contributed by atoms with Crippen LogP contribution in [0, 0.1) is 13.8 Å². The minimum absolute atomic E-state index is 0.0788. The van der Waals surface area contributed by atoms with Crippen LogP contribution in [0.1, 0.15) is 22.8 Å². The third-order valence-electron chi connectivity index (χ3n) is 4.25. The van der Waals surface area contributed by atoms with Crippen molar-refractivity contribution in [3.8, 4) is 5.69 Å². The maximum absolute atomic E-state index is 12.0. The van der Waals surface area contributed by atoms with Gasteiger partial charge in [0.2, 0.25) is 0 Å². The molecule has 0 saturated carbocycles. The first-order valence-electron chi connectivity index (χ1n) is 8.22. The molecule has 0 unspecified atom stereocenters. The third kappa shape index (κ3) is 3.73. The summed E-state index contributed by atoms with van der Waals surface area (Å²) in [6.45, 7) is 4.15. The molecule has 0 spiro atoms. The summed E-state index contributed by atoms with van der Waals surface area (Å²) < 4.78 is 9.06. The monoisotopic (exact) mass is 369 g/mol. The summed E-state index contributed by atoms with van der Waals surface area (Å²) in [5.74, 6) is 0.174. The number of rotatable bonds is 5. The fraction of sp³-hybridized carbons (Fsp3) is 0.200. The van der Waals surface area contributed by atoms with Gasteiger partial charge in [0.15, 0.2) is 0 Å². The second-order valence-corrected chi connectivity index (χ2v) is 6.38. The summed E-state index contributed by atoms with van der Waals surface area (Å²) in [7, 11) is 1.77. The highest BCUT2D eigenvalue weighted by molar-refractivity contribution is 6.29. The normalized spacial score (nSPS) is 11.2. The molecule has 0 bridgehead atoms. The number of benzene rings is 1. The molecule has 0 aliphatic heterocycles. The van der Waals surface area contributed by atoms with Gasteiger partial charge in [-0.2, -0.15) is 0 Å². The first-order chi connectivity index (χ1) is 12.5. The molecule has 2 heterocycles. The van der Waals surface area contributed by atoms with Crippen LogP contribution in [-0.4, -0.2) is 20.1 Å². The van der Waals surface area contributed by atoms with Crippen LogP contribution < -0.4 is 0 Å². The smallest absolute Gasteiger partial charge is 0.331 e. The molecule has 0 N–H and O–H groups in total. The van der Waals surface area contributed by atoms with Gasteiger partial charge in [0.1, 0.15) is 17.6 Å². The molecular weight excluding hydrogens is 350 g/mol. The Kier molecular flexibility index (Phi) is 5.28. The molecule has 0 saturated heterocycles. The zero-order valence-corrected chi connectivity index (χ0v) is 15.7. The Labute approximate surface area is 157 Å². The molecule has 0 aliphatic carbocycles. The zero-order valence-electron chi connectivity index (χ0n) is 14.9. The molecule has 26 heavy (non-hydrogen) atoms. The van der Waals surface area contributed by atoms with E-state index in [0.717, 1.165) is 22.6 Å². The molecule has 6 heteroatoms. The SMILES string of the molecule is Cc1cc(C=CC(=O)OCc2ncc(Cl)n2C)c(C)n1-c1ccccc1. The number of imidazole rings is 1. The van der Waals surface area contributed by atoms with Crippen LogP contribution in [0.5, 0.6) is 0 Å². The zero-order chi connectivity index (χ0) is 18.7. The van der Waals surface area contributed by atoms with Crippen molar-refractivity contribution in [1.29, 1.82) is 0 Å². The summed E-state index contributed by atoms with van der Waals surface area (Å²) in [5, 5.41) is 0.500. The number of aromatic nitrogens is 3. The quantitative estimate of drug-likeness (QED) is 0.499. The molecule has 0 radical (unpaired) electrons. The van der Waals surface area contributed by atoms with Gasteiger partial charge in [0.25, 0.3) is 0 Å². The van der Waals surface area contributed by atoms with Crippen LogP contribution in [0.3, 0.4) is 0 Å². The molecule has 0 atom stereocenters. The first kappa shape index (κ1) is 18.0. The Morgan fingerprint density at radius 1 is 1.27 bits per heavy atom. The van der Waals surface area contributed by atoms with Crippen LogP contribution in [0.2, 0.25) is 5.15 Å². The molecule has 134 valence electrons. The Morgan fingerprint density at radius 2 is 2.00 bits per heavy atom. The number of carbonyl (C=O) groups is 1. The highest BCUT2D eigenvalue weighted by atomic mass is 35.5. The first-order valence-corrected chi connectivity index (χ1v) is 8.60. The van der Waals surface area contributed by atoms with Crippen molar-refractivity contribution in [3.05, 3.63) is 76.6 Å². The van der Waals surface area contributed by atoms with Gasteiger partial charge in [-0.05, 0) is 43.7 Å². The summed E-state index contributed by atoms with van der Waals surface area (Å²) >= 11 is 5.91. The van der Waals surface area contributed by atoms with Gasteiger partial charge in [-0.15, -0.1) is 0 Å². The fourth-order valence-corrected chi connectivity index (χ4v) is 2.98. The van der Waals surface area contributed by atoms with Crippen molar-refractivity contribution in [2.24, 2.45) is 7.05 Å². The van der Waals surface area contributed by atoms with Crippen molar-refractivity contribution < 1.29 is 9.53 Å². The lowest BCUT2D eigenvalue weighted by molar-refractivity contribution is -0.139. The van der Waals surface area contributed by atoms with Gasteiger partial charge in [-0.3, -0.25) is 0 Å². The molecule has 0 aliphatic rings. The van der Waals surface area contributed by atoms with Gasteiger partial charge < -0.3 is 13.9 Å². The average Bonchev–Trinajstić information content (AvgIpc) is 3.11. The van der Waals surface area contributed by atoms with Gasteiger partial charge in [0.05, 0.1) is 6.20 Å². The minimum Gasteiger partial charge on any atom is -0.454 e. The molecule has 0 amide bonds. The van der Waals surface area contributed by atoms with Crippen LogP contribution in [0.4, 0.5) is 0 Å². The highest BCUT2D eigenvalue weighted by Gasteiger charge is 2.10. The molecule has 3 aromatic rings. The topological polar surface area (TPSA) is 49.0 Å². The van der Waals surface area contributed by atoms with E-state index in [2.05, 4.69) is 21.7 Å². The number of halogens is 1. The summed E-state index contributed by atoms with van der Waals surface area (Å²) in [6.07, 6.45) is 4.73. The molecule has 0 fully saturated rings. The standard InChI is InChI=1S/C20H20ClN3O2/c1-14-11-16(15(2)24(14)17-7-5-4-6-8-17)9-10-20(25)26-13-19-22-12-18(21)23(19)3/h4-12H,13H2,1-3H3. The molecule has 1 aromatic carbocycles. The Balaban J connectivity index is 1.70. The van der Waals surface area contributed by atoms with E-state index in [-0.39, 0.29) is 6.61 Å². The number of para-hydroxylation sites is 1. The molecular formula is C20H20ClN3O2. The van der Waals surface area contributed by atoms with E-state index in [1.165, 1.54) is 12.3 Å². The van der Waals surface area contributed by atoms with Crippen molar-refractivity contribution in [2.75, 3.05) is 0 Å². The molecule has 5 nitrogen and oxygen atoms in total. The van der Waals surface area contributed by atoms with E-state index >= 15 is 0 Å². The second-order valence-electron chi connectivity index (χ2n) is 5.99. The number of ether oxygens (including phenoxy) is 1. The lowest BCUT2D eigenvalue weighted by atomic mass is 10.2. The van der Waals surface area contributed by atoms with Gasteiger partial charge >= 0.3 is 5.97 Å². The summed E-state index contributed by atoms with van der Waals surface area (Å²) in [5.41, 5.74) is 4.23. The summed E-state index contributed by atoms with van der Waals surface area (Å²) in [4.78, 5) is 16.1. The van der Waals surface area contributed by atoms with E-state index in [9.17, 15) is 4.79 Å². The fourth-order valence-electron chi connectivity index (χ4n) is 2.83. The van der Waals surface area contributed by atoms with Gasteiger partial charge in [-0.25, -0.2) is 9.78 Å². The maximum Gasteiger partial charge on any atom is 0.331 e. The van der Waals surface area contributed by atoms with E-state index in [1.54, 1.807) is 17.7 Å². The van der Waals surface area contributed by atoms with E-state index < -0.39 is 5.97 Å². The predicted molar refractivity (Wildman–Crippen MR) is 102 cm³/mol. The van der Waals surface area contributed by atoms with E-state index in [0.29, 0.717) is 11.0 Å². The highest BCUT2D eigenvalue weighted by Crippen LogP contribution is 2.21. The Morgan fingerprint density at radius 3 is 2.65 bits per heavy atom. The number of esters is 1. The number of hydrogen-bond acceptors (Lipinski definition) is 3. The summed E-state index contributed by atoms with van der Waals surface area (Å²) in [6, 6.07) is 12.2. The Hall–Kier alpha value is -2.79. The lowest BCUT2D eigenvalue weighted by Crippen LogP contribution is -2.05. The van der Waals surface area contributed by atoms with Crippen LogP contribution >= 0.6 is 11.6 Å². The van der Waals surface area contributed by atoms with Crippen LogP contribution in [-0.2, 0) is 23.2 Å². The predicted octanol–water partition coefficient (Wildman–Crippen LogP) is 4.24.